The predicted molar refractivity (Wildman–Crippen MR) is 387 cm³/mol. The minimum absolute atomic E-state index is 0.0548. The van der Waals surface area contributed by atoms with Crippen LogP contribution in [0.25, 0.3) is 144 Å². The maximum atomic E-state index is 8.16. The Morgan fingerprint density at radius 2 is 0.641 bits per heavy atom. The van der Waals surface area contributed by atoms with Crippen molar-refractivity contribution in [2.75, 3.05) is 0 Å². The molecule has 0 spiro atoms. The molecule has 0 atom stereocenters. The van der Waals surface area contributed by atoms with Crippen LogP contribution in [-0.2, 0) is 0 Å². The van der Waals surface area contributed by atoms with Crippen molar-refractivity contribution < 1.29 is 13.7 Å². The van der Waals surface area contributed by atoms with E-state index < -0.39 is 48.3 Å². The molecule has 16 rings (SSSR count). The number of aromatic nitrogens is 9. The largest absolute Gasteiger partial charge is 0.208 e. The van der Waals surface area contributed by atoms with E-state index in [1.54, 1.807) is 24.3 Å². The smallest absolute Gasteiger partial charge is 0.200 e. The van der Waals surface area contributed by atoms with Gasteiger partial charge < -0.3 is 0 Å². The number of hydrogen-bond acceptors (Lipinski definition) is 10. The van der Waals surface area contributed by atoms with E-state index in [9.17, 15) is 0 Å². The van der Waals surface area contributed by atoms with Crippen molar-refractivity contribution in [3.63, 3.8) is 0 Å². The fraction of sp³-hybridized carbons (Fsp3) is 0. The van der Waals surface area contributed by atoms with Gasteiger partial charge >= 0.3 is 0 Å². The number of hydrogen-bond donors (Lipinski definition) is 0. The molecule has 4 heterocycles. The van der Waals surface area contributed by atoms with E-state index in [-0.39, 0.29) is 39.6 Å². The number of nitrogens with zero attached hydrogens (tertiary/aromatic N) is 9. The van der Waals surface area contributed by atoms with E-state index in [0.29, 0.717) is 46.1 Å². The van der Waals surface area contributed by atoms with E-state index >= 15 is 0 Å². The average molecular weight is 1410 g/mol. The summed E-state index contributed by atoms with van der Waals surface area (Å²) in [6.07, 6.45) is 0. The Kier molecular flexibility index (Phi) is 14.4. The molecule has 0 bridgehead atoms. The zero-order chi connectivity index (χ0) is 70.9. The molecule has 9 nitrogen and oxygen atoms in total. The maximum absolute atomic E-state index is 8.16. The van der Waals surface area contributed by atoms with Crippen LogP contribution in [0.3, 0.4) is 0 Å². The van der Waals surface area contributed by atoms with Crippen molar-refractivity contribution in [2.45, 2.75) is 0 Å². The molecule has 0 unspecified atom stereocenters. The summed E-state index contributed by atoms with van der Waals surface area (Å²) < 4.78 is 84.3. The maximum Gasteiger partial charge on any atom is 0.200 e. The van der Waals surface area contributed by atoms with Gasteiger partial charge in [-0.15, -0.1) is 11.3 Å². The van der Waals surface area contributed by atoms with Gasteiger partial charge in [-0.25, -0.2) is 44.9 Å². The first-order valence-corrected chi connectivity index (χ1v) is 31.9. The monoisotopic (exact) mass is 1400 g/mol. The highest BCUT2D eigenvalue weighted by molar-refractivity contribution is 9.11. The molecule has 0 saturated heterocycles. The molecule has 12 aromatic carbocycles. The molecule has 0 aliphatic carbocycles. The summed E-state index contributed by atoms with van der Waals surface area (Å²) in [4.78, 5) is 41.8. The summed E-state index contributed by atoms with van der Waals surface area (Å²) >= 11 is 12.1. The zero-order valence-corrected chi connectivity index (χ0v) is 53.7. The van der Waals surface area contributed by atoms with Gasteiger partial charge in [-0.05, 0) is 110 Å². The molecule has 438 valence electrons. The first-order chi connectivity index (χ1) is 49.4. The highest BCUT2D eigenvalue weighted by Crippen LogP contribution is 2.37. The van der Waals surface area contributed by atoms with Crippen LogP contribution in [0.2, 0.25) is 0 Å². The summed E-state index contributed by atoms with van der Waals surface area (Å²) in [6, 6.07) is 76.3. The predicted octanol–water partition coefficient (Wildman–Crippen LogP) is 22.1. The lowest BCUT2D eigenvalue weighted by atomic mass is 10.0. The highest BCUT2D eigenvalue weighted by Gasteiger charge is 2.17. The van der Waals surface area contributed by atoms with Gasteiger partial charge in [0.2, 0.25) is 4.73 Å². The molecule has 16 aromatic rings. The third-order valence-electron chi connectivity index (χ3n) is 14.6. The summed E-state index contributed by atoms with van der Waals surface area (Å²) in [5.41, 5.74) is 8.77. The first-order valence-electron chi connectivity index (χ1n) is 33.7. The van der Waals surface area contributed by atoms with Crippen LogP contribution in [0.4, 0.5) is 0 Å². The molecule has 13 heteroatoms. The molecule has 4 aromatic heterocycles. The molecule has 0 aliphatic rings. The van der Waals surface area contributed by atoms with Gasteiger partial charge in [0.05, 0.1) is 13.7 Å². The minimum Gasteiger partial charge on any atom is -0.208 e. The van der Waals surface area contributed by atoms with Crippen molar-refractivity contribution in [1.29, 1.82) is 0 Å². The highest BCUT2D eigenvalue weighted by atomic mass is 79.9. The molecule has 0 radical (unpaired) electrons. The van der Waals surface area contributed by atoms with Crippen LogP contribution >= 0.6 is 59.1 Å². The second kappa shape index (κ2) is 27.4. The lowest BCUT2D eigenvalue weighted by Crippen LogP contribution is -2.00. The number of halogens is 3. The number of fused-ring (bicyclic) bond motifs is 4. The normalized spacial score (nSPS) is 12.5. The van der Waals surface area contributed by atoms with E-state index in [1.807, 2.05) is 121 Å². The Bertz CT molecular complexity index is 5850. The van der Waals surface area contributed by atoms with Crippen LogP contribution < -0.4 is 0 Å². The van der Waals surface area contributed by atoms with E-state index in [4.69, 9.17) is 43.6 Å². The fourth-order valence-electron chi connectivity index (χ4n) is 10.1. The Hall–Kier alpha value is -10.4. The summed E-state index contributed by atoms with van der Waals surface area (Å²) in [6.45, 7) is 0. The standard InChI is InChI=1S/C31H20BrN3.C27H16BrN3S.C21H14BrN3/c32-28-15-7-13-25(20-28)24-12-6-14-26(19-24)30-33-29(22-9-2-1-3-10-22)34-31(35-30)27-17-16-21-8-4-5-11-23(21)18-27;28-20-13-10-18(11-14-20)26-29-25(17-6-2-1-3-7-17)30-27(31-26)19-12-15-24-22(16-19)21-8-4-5-9-23(21)32-24;22-21-24-19(17-9-5-2-6-10-17)23-20(25-21)18-13-11-16(12-14-18)15-7-3-1-4-8-15/h1-20H;1-16H;1-14H/i;;1D,2D,3D,4D,5D,6D,7D,8D,9D,10D. The molecular weight excluding hydrogens is 1350 g/mol. The fourth-order valence-corrected chi connectivity index (χ4v) is 12.2. The summed E-state index contributed by atoms with van der Waals surface area (Å²) in [7, 11) is 0. The Labute approximate surface area is 574 Å². The van der Waals surface area contributed by atoms with Gasteiger partial charge in [-0.1, -0.05) is 274 Å². The molecule has 0 aliphatic heterocycles. The SMILES string of the molecule is Brc1ccc(-c2nc(-c3ccccc3)nc(-c3ccc4sc5ccccc5c4c3)n2)cc1.Brc1cccc(-c2cccc(-c3nc(-c4ccccc4)nc(-c4ccc5ccccc5c4)n3)c2)c1.[2H]c1c([2H])c([2H])c(-c2ccc(-c3nc(Br)nc(-c4c([2H])c([2H])c([2H])c([2H])c4[2H])n3)cc2)c([2H])c1[2H]. The van der Waals surface area contributed by atoms with Crippen molar-refractivity contribution in [3.8, 4) is 113 Å². The topological polar surface area (TPSA) is 116 Å². The van der Waals surface area contributed by atoms with Crippen LogP contribution in [0, 0.1) is 0 Å². The molecule has 0 saturated carbocycles. The average Bonchev–Trinajstić information content (AvgIpc) is 1.13. The number of benzene rings is 12. The zero-order valence-electron chi connectivity index (χ0n) is 58.2. The summed E-state index contributed by atoms with van der Waals surface area (Å²) in [5, 5.41) is 4.84. The van der Waals surface area contributed by atoms with Gasteiger partial charge in [0.15, 0.2) is 46.6 Å². The van der Waals surface area contributed by atoms with Crippen LogP contribution in [0.15, 0.2) is 317 Å². The lowest BCUT2D eigenvalue weighted by molar-refractivity contribution is 1.03. The van der Waals surface area contributed by atoms with Crippen molar-refractivity contribution in [2.24, 2.45) is 0 Å². The third kappa shape index (κ3) is 13.7. The first kappa shape index (κ1) is 48.4. The molecule has 0 amide bonds. The van der Waals surface area contributed by atoms with Crippen molar-refractivity contribution in [3.05, 3.63) is 317 Å². The van der Waals surface area contributed by atoms with Gasteiger partial charge in [0, 0.05) is 73.6 Å². The molecular formula is C79H50Br3N9S. The second-order valence-electron chi connectivity index (χ2n) is 20.6. The molecule has 0 fully saturated rings. The van der Waals surface area contributed by atoms with Gasteiger partial charge in [-0.2, -0.15) is 0 Å². The van der Waals surface area contributed by atoms with E-state index in [1.165, 1.54) is 25.6 Å². The van der Waals surface area contributed by atoms with Crippen LogP contribution in [0.5, 0.6) is 0 Å². The van der Waals surface area contributed by atoms with Gasteiger partial charge in [-0.3, -0.25) is 0 Å². The molecule has 92 heavy (non-hydrogen) atoms. The quantitative estimate of drug-likeness (QED) is 0.132. The Balaban J connectivity index is 0.000000130. The van der Waals surface area contributed by atoms with Crippen LogP contribution in [-0.4, -0.2) is 44.9 Å². The van der Waals surface area contributed by atoms with Gasteiger partial charge in [0.25, 0.3) is 0 Å². The number of rotatable bonds is 10. The number of thiophene rings is 1. The lowest BCUT2D eigenvalue weighted by Gasteiger charge is -2.10. The van der Waals surface area contributed by atoms with Crippen LogP contribution in [0.1, 0.15) is 13.7 Å². The van der Waals surface area contributed by atoms with E-state index in [0.717, 1.165) is 58.8 Å². The van der Waals surface area contributed by atoms with Gasteiger partial charge in [0.1, 0.15) is 0 Å². The van der Waals surface area contributed by atoms with Crippen molar-refractivity contribution in [1.82, 2.24) is 44.9 Å². The minimum atomic E-state index is -0.527. The second-order valence-corrected chi connectivity index (χ2v) is 24.3. The molecule has 0 N–H and O–H groups in total. The van der Waals surface area contributed by atoms with Crippen molar-refractivity contribution >= 4 is 90.1 Å². The third-order valence-corrected chi connectivity index (χ3v) is 17.2. The Morgan fingerprint density at radius 1 is 0.239 bits per heavy atom. The summed E-state index contributed by atoms with van der Waals surface area (Å²) in [5.74, 6) is 4.00. The van der Waals surface area contributed by atoms with E-state index in [2.05, 4.69) is 172 Å². The Morgan fingerprint density at radius 3 is 1.25 bits per heavy atom.